The highest BCUT2D eigenvalue weighted by Gasteiger charge is 2.27. The van der Waals surface area contributed by atoms with E-state index in [-0.39, 0.29) is 23.2 Å². The second-order valence-electron chi connectivity index (χ2n) is 6.09. The molecule has 0 aliphatic heterocycles. The summed E-state index contributed by atoms with van der Waals surface area (Å²) in [5, 5.41) is 9.12. The Morgan fingerprint density at radius 2 is 2.04 bits per heavy atom. The first-order valence-corrected chi connectivity index (χ1v) is 8.16. The first-order chi connectivity index (χ1) is 11.6. The average molecular weight is 328 g/mol. The number of carboxylic acid groups (broad SMARTS) is 1. The van der Waals surface area contributed by atoms with Crippen LogP contribution in [-0.2, 0) is 6.54 Å². The minimum atomic E-state index is -1.06. The van der Waals surface area contributed by atoms with Crippen LogP contribution in [0.15, 0.2) is 41.3 Å². The Morgan fingerprint density at radius 3 is 2.71 bits per heavy atom. The number of aromatic carboxylic acids is 1. The highest BCUT2D eigenvalue weighted by molar-refractivity contribution is 5.96. The third kappa shape index (κ3) is 3.64. The molecule has 126 valence electrons. The average Bonchev–Trinajstić information content (AvgIpc) is 3.13. The summed E-state index contributed by atoms with van der Waals surface area (Å²) in [6.45, 7) is 0.443. The number of hydrogen-bond donors (Lipinski definition) is 1. The molecule has 1 aliphatic carbocycles. The Morgan fingerprint density at radius 1 is 1.25 bits per heavy atom. The number of rotatable bonds is 5. The molecule has 0 atom stereocenters. The third-order valence-corrected chi connectivity index (χ3v) is 4.44. The van der Waals surface area contributed by atoms with Crippen molar-refractivity contribution in [3.8, 4) is 0 Å². The van der Waals surface area contributed by atoms with Crippen molar-refractivity contribution in [2.75, 3.05) is 0 Å². The van der Waals surface area contributed by atoms with Crippen molar-refractivity contribution >= 4 is 11.9 Å². The number of carbonyl (C=O) groups is 2. The fourth-order valence-corrected chi connectivity index (χ4v) is 3.17. The molecule has 1 fully saturated rings. The minimum absolute atomic E-state index is 0.0697. The molecule has 1 aliphatic rings. The Hall–Kier alpha value is -2.63. The summed E-state index contributed by atoms with van der Waals surface area (Å²) in [6.07, 6.45) is 9.90. The van der Waals surface area contributed by atoms with Crippen LogP contribution in [0.1, 0.15) is 58.5 Å². The lowest BCUT2D eigenvalue weighted by Gasteiger charge is -2.34. The minimum Gasteiger partial charge on any atom is -0.478 e. The van der Waals surface area contributed by atoms with Gasteiger partial charge in [-0.25, -0.2) is 4.79 Å². The quantitative estimate of drug-likeness (QED) is 0.910. The SMILES string of the molecule is O=C(O)c1ccnc(C(=O)N(Cc2ccoc2)C2CCCCC2)c1. The number of pyridine rings is 1. The summed E-state index contributed by atoms with van der Waals surface area (Å²) in [4.78, 5) is 30.0. The summed E-state index contributed by atoms with van der Waals surface area (Å²) < 4.78 is 5.11. The van der Waals surface area contributed by atoms with Gasteiger partial charge in [0, 0.05) is 24.3 Å². The van der Waals surface area contributed by atoms with Gasteiger partial charge in [0.2, 0.25) is 0 Å². The third-order valence-electron chi connectivity index (χ3n) is 4.44. The molecular weight excluding hydrogens is 308 g/mol. The van der Waals surface area contributed by atoms with Gasteiger partial charge in [0.25, 0.3) is 5.91 Å². The zero-order valence-corrected chi connectivity index (χ0v) is 13.4. The van der Waals surface area contributed by atoms with Crippen LogP contribution >= 0.6 is 0 Å². The van der Waals surface area contributed by atoms with E-state index >= 15 is 0 Å². The molecule has 2 aromatic heterocycles. The number of carbonyl (C=O) groups excluding carboxylic acids is 1. The van der Waals surface area contributed by atoms with E-state index in [1.807, 2.05) is 6.07 Å². The molecule has 6 heteroatoms. The predicted molar refractivity (Wildman–Crippen MR) is 86.7 cm³/mol. The van der Waals surface area contributed by atoms with Crippen molar-refractivity contribution in [2.24, 2.45) is 0 Å². The van der Waals surface area contributed by atoms with Crippen molar-refractivity contribution in [1.29, 1.82) is 0 Å². The number of hydrogen-bond acceptors (Lipinski definition) is 4. The standard InChI is InChI=1S/C18H20N2O4/c21-17(16-10-14(18(22)23)6-8-19-16)20(11-13-7-9-24-12-13)15-4-2-1-3-5-15/h6-10,12,15H,1-5,11H2,(H,22,23). The van der Waals surface area contributed by atoms with E-state index in [9.17, 15) is 9.59 Å². The van der Waals surface area contributed by atoms with E-state index in [1.165, 1.54) is 24.8 Å². The lowest BCUT2D eigenvalue weighted by atomic mass is 9.93. The Labute approximate surface area is 140 Å². The van der Waals surface area contributed by atoms with Gasteiger partial charge in [0.1, 0.15) is 5.69 Å². The van der Waals surface area contributed by atoms with Crippen molar-refractivity contribution in [1.82, 2.24) is 9.88 Å². The molecule has 6 nitrogen and oxygen atoms in total. The largest absolute Gasteiger partial charge is 0.478 e. The molecule has 1 N–H and O–H groups in total. The van der Waals surface area contributed by atoms with Crippen molar-refractivity contribution in [2.45, 2.75) is 44.7 Å². The van der Waals surface area contributed by atoms with Crippen molar-refractivity contribution in [3.63, 3.8) is 0 Å². The Kier molecular flexibility index (Phi) is 4.93. The molecule has 1 saturated carbocycles. The van der Waals surface area contributed by atoms with Crippen molar-refractivity contribution < 1.29 is 19.1 Å². The highest BCUT2D eigenvalue weighted by atomic mass is 16.4. The molecule has 0 unspecified atom stereocenters. The van der Waals surface area contributed by atoms with Gasteiger partial charge < -0.3 is 14.4 Å². The summed E-state index contributed by atoms with van der Waals surface area (Å²) in [7, 11) is 0. The van der Waals surface area contributed by atoms with Crippen LogP contribution in [0, 0.1) is 0 Å². The lowest BCUT2D eigenvalue weighted by Crippen LogP contribution is -2.41. The van der Waals surface area contributed by atoms with E-state index in [0.29, 0.717) is 6.54 Å². The fourth-order valence-electron chi connectivity index (χ4n) is 3.17. The molecule has 0 radical (unpaired) electrons. The molecule has 2 heterocycles. The van der Waals surface area contributed by atoms with Crippen LogP contribution in [0.25, 0.3) is 0 Å². The molecule has 2 aromatic rings. The zero-order chi connectivity index (χ0) is 16.9. The summed E-state index contributed by atoms with van der Waals surface area (Å²) in [5.74, 6) is -1.29. The zero-order valence-electron chi connectivity index (χ0n) is 13.4. The van der Waals surface area contributed by atoms with E-state index < -0.39 is 5.97 Å². The molecule has 0 saturated heterocycles. The number of furan rings is 1. The molecule has 0 aromatic carbocycles. The summed E-state index contributed by atoms with van der Waals surface area (Å²) >= 11 is 0. The van der Waals surface area contributed by atoms with Crippen LogP contribution in [-0.4, -0.2) is 32.9 Å². The van der Waals surface area contributed by atoms with E-state index in [0.717, 1.165) is 31.2 Å². The maximum atomic E-state index is 13.0. The molecule has 3 rings (SSSR count). The van der Waals surface area contributed by atoms with Gasteiger partial charge >= 0.3 is 5.97 Å². The maximum Gasteiger partial charge on any atom is 0.335 e. The second kappa shape index (κ2) is 7.29. The number of nitrogens with zero attached hydrogens (tertiary/aromatic N) is 2. The van der Waals surface area contributed by atoms with Gasteiger partial charge in [0.15, 0.2) is 0 Å². The topological polar surface area (TPSA) is 83.6 Å². The monoisotopic (exact) mass is 328 g/mol. The van der Waals surface area contributed by atoms with Gasteiger partial charge in [0.05, 0.1) is 18.1 Å². The van der Waals surface area contributed by atoms with Gasteiger partial charge in [-0.2, -0.15) is 0 Å². The normalized spacial score (nSPS) is 15.2. The van der Waals surface area contributed by atoms with Gasteiger partial charge in [-0.05, 0) is 31.0 Å². The van der Waals surface area contributed by atoms with Crippen LogP contribution in [0.4, 0.5) is 0 Å². The number of carboxylic acids is 1. The number of aromatic nitrogens is 1. The lowest BCUT2D eigenvalue weighted by molar-refractivity contribution is 0.0607. The predicted octanol–water partition coefficient (Wildman–Crippen LogP) is 3.35. The summed E-state index contributed by atoms with van der Waals surface area (Å²) in [6, 6.07) is 4.72. The second-order valence-corrected chi connectivity index (χ2v) is 6.09. The molecule has 0 bridgehead atoms. The highest BCUT2D eigenvalue weighted by Crippen LogP contribution is 2.25. The number of amides is 1. The fraction of sp³-hybridized carbons (Fsp3) is 0.389. The smallest absolute Gasteiger partial charge is 0.335 e. The maximum absolute atomic E-state index is 13.0. The Bertz CT molecular complexity index is 706. The van der Waals surface area contributed by atoms with Crippen molar-refractivity contribution in [3.05, 3.63) is 53.7 Å². The van der Waals surface area contributed by atoms with Gasteiger partial charge in [-0.1, -0.05) is 19.3 Å². The van der Waals surface area contributed by atoms with Gasteiger partial charge in [-0.15, -0.1) is 0 Å². The van der Waals surface area contributed by atoms with Crippen LogP contribution in [0.5, 0.6) is 0 Å². The van der Waals surface area contributed by atoms with Gasteiger partial charge in [-0.3, -0.25) is 9.78 Å². The first kappa shape index (κ1) is 16.2. The van der Waals surface area contributed by atoms with E-state index in [2.05, 4.69) is 4.98 Å². The van der Waals surface area contributed by atoms with E-state index in [4.69, 9.17) is 9.52 Å². The summed E-state index contributed by atoms with van der Waals surface area (Å²) in [5.41, 5.74) is 1.16. The molecule has 24 heavy (non-hydrogen) atoms. The Balaban J connectivity index is 1.87. The molecular formula is C18H20N2O4. The van der Waals surface area contributed by atoms with Crippen LogP contribution in [0.3, 0.4) is 0 Å². The first-order valence-electron chi connectivity index (χ1n) is 8.16. The van der Waals surface area contributed by atoms with E-state index in [1.54, 1.807) is 17.4 Å². The van der Waals surface area contributed by atoms with Crippen LogP contribution < -0.4 is 0 Å². The molecule has 0 spiro atoms. The van der Waals surface area contributed by atoms with Crippen LogP contribution in [0.2, 0.25) is 0 Å². The molecule has 1 amide bonds.